The van der Waals surface area contributed by atoms with Crippen LogP contribution in [0, 0.1) is 0 Å². The predicted octanol–water partition coefficient (Wildman–Crippen LogP) is 6.28. The maximum absolute atomic E-state index is 12.7. The number of hydrogen-bond acceptors (Lipinski definition) is 2. The normalized spacial score (nSPS) is 16.4. The highest BCUT2D eigenvalue weighted by atomic mass is 16.1. The monoisotopic (exact) mass is 381 g/mol. The highest BCUT2D eigenvalue weighted by Crippen LogP contribution is 2.35. The molecule has 2 nitrogen and oxygen atoms in total. The average Bonchev–Trinajstić information content (AvgIpc) is 2.80. The molecule has 1 aliphatic carbocycles. The van der Waals surface area contributed by atoms with E-state index in [4.69, 9.17) is 5.73 Å². The molecule has 2 heteroatoms. The Morgan fingerprint density at radius 2 is 1.55 bits per heavy atom. The van der Waals surface area contributed by atoms with Crippen LogP contribution in [0.25, 0.3) is 11.1 Å². The van der Waals surface area contributed by atoms with E-state index < -0.39 is 0 Å². The van der Waals surface area contributed by atoms with Crippen molar-refractivity contribution >= 4 is 5.78 Å². The Morgan fingerprint density at radius 3 is 2.24 bits per heavy atom. The number of carbonyl (C=O) groups is 1. The van der Waals surface area contributed by atoms with Crippen molar-refractivity contribution in [1.29, 1.82) is 0 Å². The summed E-state index contributed by atoms with van der Waals surface area (Å²) in [6, 6.07) is 26.8. The topological polar surface area (TPSA) is 43.1 Å². The van der Waals surface area contributed by atoms with Gasteiger partial charge in [0.1, 0.15) is 0 Å². The van der Waals surface area contributed by atoms with Crippen LogP contribution in [0.3, 0.4) is 0 Å². The van der Waals surface area contributed by atoms with E-state index in [-0.39, 0.29) is 5.78 Å². The molecule has 29 heavy (non-hydrogen) atoms. The molecule has 0 radical (unpaired) electrons. The molecule has 3 aromatic rings. The Kier molecular flexibility index (Phi) is 6.02. The number of ketones is 1. The average molecular weight is 382 g/mol. The van der Waals surface area contributed by atoms with Crippen molar-refractivity contribution in [3.05, 3.63) is 107 Å². The largest absolute Gasteiger partial charge is 0.326 e. The molecule has 1 fully saturated rings. The highest BCUT2D eigenvalue weighted by Gasteiger charge is 2.19. The van der Waals surface area contributed by atoms with Crippen molar-refractivity contribution in [2.45, 2.75) is 38.1 Å². The quantitative estimate of drug-likeness (QED) is 0.417. The molecule has 0 amide bonds. The molecule has 1 aliphatic rings. The maximum atomic E-state index is 12.7. The standard InChI is InChI=1S/C27H27NO/c28-19-21-5-4-8-26(17-21)24-11-9-20(10-12-24)18-27(29)25-15-13-23(14-16-25)22-6-2-1-3-7-22/h1-8,13-18,24H,9-12,19,28H2. The SMILES string of the molecule is NCc1cccc(C2CCC(=CC(=O)c3ccc(-c4ccccc4)cc3)CC2)c1. The molecule has 0 saturated heterocycles. The summed E-state index contributed by atoms with van der Waals surface area (Å²) in [6.45, 7) is 0.587. The first-order chi connectivity index (χ1) is 14.2. The summed E-state index contributed by atoms with van der Waals surface area (Å²) in [4.78, 5) is 12.7. The first-order valence-corrected chi connectivity index (χ1v) is 10.4. The number of carbonyl (C=O) groups excluding carboxylic acids is 1. The van der Waals surface area contributed by atoms with Crippen LogP contribution in [0.5, 0.6) is 0 Å². The Morgan fingerprint density at radius 1 is 0.862 bits per heavy atom. The Balaban J connectivity index is 1.39. The zero-order valence-corrected chi connectivity index (χ0v) is 16.7. The zero-order chi connectivity index (χ0) is 20.1. The van der Waals surface area contributed by atoms with E-state index in [0.717, 1.165) is 36.8 Å². The van der Waals surface area contributed by atoms with Gasteiger partial charge in [-0.2, -0.15) is 0 Å². The lowest BCUT2D eigenvalue weighted by molar-refractivity contribution is 0.104. The smallest absolute Gasteiger partial charge is 0.185 e. The Hall–Kier alpha value is -2.97. The molecule has 0 spiro atoms. The molecule has 1 saturated carbocycles. The molecule has 3 aromatic carbocycles. The van der Waals surface area contributed by atoms with Gasteiger partial charge in [0.25, 0.3) is 0 Å². The summed E-state index contributed by atoms with van der Waals surface area (Å²) in [6.07, 6.45) is 6.04. The second-order valence-corrected chi connectivity index (χ2v) is 7.83. The van der Waals surface area contributed by atoms with E-state index in [1.165, 1.54) is 22.3 Å². The molecule has 4 rings (SSSR count). The van der Waals surface area contributed by atoms with E-state index in [2.05, 4.69) is 36.4 Å². The van der Waals surface area contributed by atoms with E-state index in [0.29, 0.717) is 12.5 Å². The van der Waals surface area contributed by atoms with Crippen molar-refractivity contribution in [1.82, 2.24) is 0 Å². The van der Waals surface area contributed by atoms with E-state index in [9.17, 15) is 4.79 Å². The lowest BCUT2D eigenvalue weighted by Crippen LogP contribution is -2.09. The Bertz CT molecular complexity index is 992. The molecule has 0 aromatic heterocycles. The van der Waals surface area contributed by atoms with Gasteiger partial charge >= 0.3 is 0 Å². The zero-order valence-electron chi connectivity index (χ0n) is 16.7. The van der Waals surface area contributed by atoms with E-state index in [1.54, 1.807) is 0 Å². The van der Waals surface area contributed by atoms with Crippen molar-refractivity contribution in [2.75, 3.05) is 0 Å². The summed E-state index contributed by atoms with van der Waals surface area (Å²) >= 11 is 0. The number of allylic oxidation sites excluding steroid dienone is 2. The minimum atomic E-state index is 0.114. The molecule has 0 aliphatic heterocycles. The highest BCUT2D eigenvalue weighted by molar-refractivity contribution is 6.05. The van der Waals surface area contributed by atoms with Crippen LogP contribution in [0.1, 0.15) is 53.1 Å². The van der Waals surface area contributed by atoms with Crippen LogP contribution in [0.2, 0.25) is 0 Å². The van der Waals surface area contributed by atoms with Gasteiger partial charge in [0, 0.05) is 12.1 Å². The van der Waals surface area contributed by atoms with Crippen LogP contribution < -0.4 is 5.73 Å². The van der Waals surface area contributed by atoms with Gasteiger partial charge in [-0.25, -0.2) is 0 Å². The van der Waals surface area contributed by atoms with E-state index in [1.807, 2.05) is 48.5 Å². The van der Waals surface area contributed by atoms with Crippen LogP contribution in [0.4, 0.5) is 0 Å². The summed E-state index contributed by atoms with van der Waals surface area (Å²) in [5.74, 6) is 0.682. The summed E-state index contributed by atoms with van der Waals surface area (Å²) in [5, 5.41) is 0. The third-order valence-corrected chi connectivity index (χ3v) is 5.90. The molecule has 0 unspecified atom stereocenters. The molecule has 0 bridgehead atoms. The fourth-order valence-corrected chi connectivity index (χ4v) is 4.17. The predicted molar refractivity (Wildman–Crippen MR) is 120 cm³/mol. The molecule has 0 heterocycles. The van der Waals surface area contributed by atoms with Crippen molar-refractivity contribution in [3.63, 3.8) is 0 Å². The van der Waals surface area contributed by atoms with Gasteiger partial charge in [-0.3, -0.25) is 4.79 Å². The summed E-state index contributed by atoms with van der Waals surface area (Å²) < 4.78 is 0. The number of hydrogen-bond donors (Lipinski definition) is 1. The first kappa shape index (κ1) is 19.4. The second kappa shape index (κ2) is 9.02. The first-order valence-electron chi connectivity index (χ1n) is 10.4. The van der Waals surface area contributed by atoms with Crippen molar-refractivity contribution < 1.29 is 4.79 Å². The van der Waals surface area contributed by atoms with Crippen LogP contribution in [-0.2, 0) is 6.54 Å². The number of rotatable bonds is 5. The van der Waals surface area contributed by atoms with Gasteiger partial charge in [-0.1, -0.05) is 84.4 Å². The van der Waals surface area contributed by atoms with Crippen LogP contribution in [0.15, 0.2) is 90.5 Å². The minimum absolute atomic E-state index is 0.114. The molecular weight excluding hydrogens is 354 g/mol. The van der Waals surface area contributed by atoms with Gasteiger partial charge in [0.2, 0.25) is 0 Å². The third-order valence-electron chi connectivity index (χ3n) is 5.90. The van der Waals surface area contributed by atoms with Gasteiger partial charge in [-0.05, 0) is 59.9 Å². The van der Waals surface area contributed by atoms with Gasteiger partial charge < -0.3 is 5.73 Å². The summed E-state index contributed by atoms with van der Waals surface area (Å²) in [5.41, 5.74) is 12.7. The number of nitrogens with two attached hydrogens (primary N) is 1. The molecule has 2 N–H and O–H groups in total. The van der Waals surface area contributed by atoms with Gasteiger partial charge in [-0.15, -0.1) is 0 Å². The van der Waals surface area contributed by atoms with Crippen LogP contribution in [-0.4, -0.2) is 5.78 Å². The van der Waals surface area contributed by atoms with Crippen LogP contribution >= 0.6 is 0 Å². The third kappa shape index (κ3) is 4.72. The second-order valence-electron chi connectivity index (χ2n) is 7.83. The number of benzene rings is 3. The summed E-state index contributed by atoms with van der Waals surface area (Å²) in [7, 11) is 0. The van der Waals surface area contributed by atoms with Crippen molar-refractivity contribution in [3.8, 4) is 11.1 Å². The fraction of sp³-hybridized carbons (Fsp3) is 0.222. The van der Waals surface area contributed by atoms with Gasteiger partial charge in [0.05, 0.1) is 0 Å². The lowest BCUT2D eigenvalue weighted by atomic mass is 9.81. The molecular formula is C27H27NO. The Labute approximate surface area is 173 Å². The minimum Gasteiger partial charge on any atom is -0.326 e. The lowest BCUT2D eigenvalue weighted by Gasteiger charge is -2.24. The maximum Gasteiger partial charge on any atom is 0.185 e. The van der Waals surface area contributed by atoms with Gasteiger partial charge in [0.15, 0.2) is 5.78 Å². The van der Waals surface area contributed by atoms with Crippen molar-refractivity contribution in [2.24, 2.45) is 5.73 Å². The fourth-order valence-electron chi connectivity index (χ4n) is 4.17. The molecule has 146 valence electrons. The molecule has 0 atom stereocenters. The van der Waals surface area contributed by atoms with E-state index >= 15 is 0 Å².